The Bertz CT molecular complexity index is 822. The predicted molar refractivity (Wildman–Crippen MR) is 106 cm³/mol. The molecule has 1 heterocycles. The van der Waals surface area contributed by atoms with Gasteiger partial charge in [-0.2, -0.15) is 0 Å². The fourth-order valence-corrected chi connectivity index (χ4v) is 3.18. The maximum atomic E-state index is 12.2. The first-order chi connectivity index (χ1) is 13.1. The van der Waals surface area contributed by atoms with Gasteiger partial charge in [0.2, 0.25) is 5.91 Å². The Balaban J connectivity index is 1.59. The van der Waals surface area contributed by atoms with E-state index >= 15 is 0 Å². The highest BCUT2D eigenvalue weighted by molar-refractivity contribution is 5.88. The number of nitrogens with zero attached hydrogens (tertiary/aromatic N) is 1. The number of esters is 1. The van der Waals surface area contributed by atoms with Crippen LogP contribution >= 0.6 is 0 Å². The average molecular weight is 364 g/mol. The van der Waals surface area contributed by atoms with E-state index in [1.165, 1.54) is 13.3 Å². The molecule has 1 fully saturated rings. The Hall–Kier alpha value is -2.95. The summed E-state index contributed by atoms with van der Waals surface area (Å²) in [5, 5.41) is 2.66. The van der Waals surface area contributed by atoms with Crippen LogP contribution in [0.4, 0.5) is 5.82 Å². The standard InChI is InChI=1S/C22H24N2O3/c1-16(25)24-21-15-18(13-14-23-21)8-7-17-9-11-20(12-10-17)27-22(26)19-5-3-2-4-6-19/h7-15,19H,2-6H2,1H3,(H,23,24,25)/b8-7+. The molecule has 1 aromatic carbocycles. The van der Waals surface area contributed by atoms with Gasteiger partial charge in [0.05, 0.1) is 5.92 Å². The number of carbonyl (C=O) groups is 2. The van der Waals surface area contributed by atoms with Gasteiger partial charge < -0.3 is 10.1 Å². The van der Waals surface area contributed by atoms with Crippen LogP contribution in [0.3, 0.4) is 0 Å². The largest absolute Gasteiger partial charge is 0.426 e. The first kappa shape index (κ1) is 18.8. The summed E-state index contributed by atoms with van der Waals surface area (Å²) in [5.74, 6) is 0.888. The Kier molecular flexibility index (Phi) is 6.36. The molecule has 0 radical (unpaired) electrons. The van der Waals surface area contributed by atoms with E-state index in [1.54, 1.807) is 12.3 Å². The lowest BCUT2D eigenvalue weighted by Crippen LogP contribution is -2.22. The number of benzene rings is 1. The Morgan fingerprint density at radius 2 is 1.74 bits per heavy atom. The first-order valence-electron chi connectivity index (χ1n) is 9.33. The number of amides is 1. The van der Waals surface area contributed by atoms with Gasteiger partial charge in [-0.25, -0.2) is 4.98 Å². The minimum atomic E-state index is -0.151. The first-order valence-corrected chi connectivity index (χ1v) is 9.33. The van der Waals surface area contributed by atoms with Crippen LogP contribution in [-0.2, 0) is 9.59 Å². The smallest absolute Gasteiger partial charge is 0.314 e. The van der Waals surface area contributed by atoms with Crippen molar-refractivity contribution in [1.82, 2.24) is 4.98 Å². The summed E-state index contributed by atoms with van der Waals surface area (Å²) < 4.78 is 5.51. The lowest BCUT2D eigenvalue weighted by atomic mass is 9.89. The zero-order valence-electron chi connectivity index (χ0n) is 15.5. The zero-order valence-corrected chi connectivity index (χ0v) is 15.5. The Morgan fingerprint density at radius 1 is 1.04 bits per heavy atom. The van der Waals surface area contributed by atoms with Gasteiger partial charge in [0, 0.05) is 13.1 Å². The number of hydrogen-bond donors (Lipinski definition) is 1. The highest BCUT2D eigenvalue weighted by Crippen LogP contribution is 2.26. The molecule has 0 aliphatic heterocycles. The van der Waals surface area contributed by atoms with Crippen LogP contribution in [0.1, 0.15) is 50.2 Å². The number of hydrogen-bond acceptors (Lipinski definition) is 4. The molecule has 1 aliphatic rings. The van der Waals surface area contributed by atoms with Crippen LogP contribution in [-0.4, -0.2) is 16.9 Å². The summed E-state index contributed by atoms with van der Waals surface area (Å²) in [5.41, 5.74) is 1.92. The molecule has 27 heavy (non-hydrogen) atoms. The van der Waals surface area contributed by atoms with E-state index in [1.807, 2.05) is 42.5 Å². The molecule has 1 aromatic heterocycles. The van der Waals surface area contributed by atoms with E-state index in [0.29, 0.717) is 11.6 Å². The third kappa shape index (κ3) is 5.78. The Morgan fingerprint density at radius 3 is 2.44 bits per heavy atom. The molecule has 0 unspecified atom stereocenters. The van der Waals surface area contributed by atoms with Crippen molar-refractivity contribution < 1.29 is 14.3 Å². The van der Waals surface area contributed by atoms with Crippen LogP contribution in [0.15, 0.2) is 42.6 Å². The molecule has 0 spiro atoms. The topological polar surface area (TPSA) is 68.3 Å². The van der Waals surface area contributed by atoms with E-state index in [9.17, 15) is 9.59 Å². The average Bonchev–Trinajstić information content (AvgIpc) is 2.68. The molecule has 0 bridgehead atoms. The van der Waals surface area contributed by atoms with Crippen LogP contribution in [0, 0.1) is 5.92 Å². The minimum Gasteiger partial charge on any atom is -0.426 e. The summed E-state index contributed by atoms with van der Waals surface area (Å²) >= 11 is 0. The summed E-state index contributed by atoms with van der Waals surface area (Å²) in [4.78, 5) is 27.4. The zero-order chi connectivity index (χ0) is 19.1. The van der Waals surface area contributed by atoms with Gasteiger partial charge in [0.15, 0.2) is 0 Å². The molecule has 0 atom stereocenters. The summed E-state index contributed by atoms with van der Waals surface area (Å²) in [6.45, 7) is 1.45. The van der Waals surface area contributed by atoms with E-state index in [2.05, 4.69) is 10.3 Å². The lowest BCUT2D eigenvalue weighted by Gasteiger charge is -2.19. The second-order valence-corrected chi connectivity index (χ2v) is 6.81. The molecule has 1 amide bonds. The number of aromatic nitrogens is 1. The van der Waals surface area contributed by atoms with Crippen molar-refractivity contribution in [1.29, 1.82) is 0 Å². The van der Waals surface area contributed by atoms with Crippen molar-refractivity contribution in [2.45, 2.75) is 39.0 Å². The number of nitrogens with one attached hydrogen (secondary N) is 1. The van der Waals surface area contributed by atoms with E-state index in [-0.39, 0.29) is 17.8 Å². The monoisotopic (exact) mass is 364 g/mol. The number of ether oxygens (including phenoxy) is 1. The SMILES string of the molecule is CC(=O)Nc1cc(/C=C/c2ccc(OC(=O)C3CCCCC3)cc2)ccn1. The fourth-order valence-electron chi connectivity index (χ4n) is 3.18. The molecule has 140 valence electrons. The molecule has 1 N–H and O–H groups in total. The van der Waals surface area contributed by atoms with E-state index in [4.69, 9.17) is 4.74 Å². The van der Waals surface area contributed by atoms with Gasteiger partial charge in [-0.3, -0.25) is 9.59 Å². The third-order valence-corrected chi connectivity index (χ3v) is 4.59. The van der Waals surface area contributed by atoms with Gasteiger partial charge >= 0.3 is 5.97 Å². The highest BCUT2D eigenvalue weighted by atomic mass is 16.5. The van der Waals surface area contributed by atoms with Gasteiger partial charge in [0.1, 0.15) is 11.6 Å². The molecular formula is C22H24N2O3. The minimum absolute atomic E-state index is 0.0443. The van der Waals surface area contributed by atoms with Crippen molar-refractivity contribution in [3.05, 3.63) is 53.7 Å². The number of pyridine rings is 1. The maximum Gasteiger partial charge on any atom is 0.314 e. The number of rotatable bonds is 5. The van der Waals surface area contributed by atoms with Crippen LogP contribution < -0.4 is 10.1 Å². The molecule has 0 saturated heterocycles. The van der Waals surface area contributed by atoms with Crippen LogP contribution in [0.2, 0.25) is 0 Å². The molecule has 1 saturated carbocycles. The third-order valence-electron chi connectivity index (χ3n) is 4.59. The van der Waals surface area contributed by atoms with E-state index in [0.717, 1.165) is 36.8 Å². The van der Waals surface area contributed by atoms with Crippen molar-refractivity contribution in [2.75, 3.05) is 5.32 Å². The van der Waals surface area contributed by atoms with Crippen molar-refractivity contribution >= 4 is 29.8 Å². The fraction of sp³-hybridized carbons (Fsp3) is 0.318. The highest BCUT2D eigenvalue weighted by Gasteiger charge is 2.22. The van der Waals surface area contributed by atoms with Crippen molar-refractivity contribution in [3.63, 3.8) is 0 Å². The van der Waals surface area contributed by atoms with E-state index < -0.39 is 0 Å². The molecule has 5 nitrogen and oxygen atoms in total. The van der Waals surface area contributed by atoms with Gasteiger partial charge in [-0.05, 0) is 48.2 Å². The van der Waals surface area contributed by atoms with Crippen molar-refractivity contribution in [3.8, 4) is 5.75 Å². The number of carbonyl (C=O) groups excluding carboxylic acids is 2. The Labute approximate surface area is 159 Å². The van der Waals surface area contributed by atoms with Gasteiger partial charge in [-0.1, -0.05) is 43.5 Å². The summed E-state index contributed by atoms with van der Waals surface area (Å²) in [6.07, 6.45) is 10.9. The van der Waals surface area contributed by atoms with Gasteiger partial charge in [-0.15, -0.1) is 0 Å². The second kappa shape index (κ2) is 9.12. The lowest BCUT2D eigenvalue weighted by molar-refractivity contribution is -0.140. The van der Waals surface area contributed by atoms with Crippen LogP contribution in [0.5, 0.6) is 5.75 Å². The molecular weight excluding hydrogens is 340 g/mol. The maximum absolute atomic E-state index is 12.2. The quantitative estimate of drug-likeness (QED) is 0.617. The summed E-state index contributed by atoms with van der Waals surface area (Å²) in [6, 6.07) is 11.1. The second-order valence-electron chi connectivity index (χ2n) is 6.81. The number of anilines is 1. The summed E-state index contributed by atoms with van der Waals surface area (Å²) in [7, 11) is 0. The van der Waals surface area contributed by atoms with Crippen LogP contribution in [0.25, 0.3) is 12.2 Å². The molecule has 3 rings (SSSR count). The molecule has 5 heteroatoms. The molecule has 1 aliphatic carbocycles. The van der Waals surface area contributed by atoms with Gasteiger partial charge in [0.25, 0.3) is 0 Å². The normalized spacial score (nSPS) is 14.9. The predicted octanol–water partition coefficient (Wildman–Crippen LogP) is 4.70. The van der Waals surface area contributed by atoms with Crippen molar-refractivity contribution in [2.24, 2.45) is 5.92 Å². The molecule has 2 aromatic rings.